The van der Waals surface area contributed by atoms with Gasteiger partial charge in [-0.25, -0.2) is 4.39 Å². The Kier molecular flexibility index (Phi) is 4.32. The number of hydrogen-bond donors (Lipinski definition) is 2. The number of anilines is 1. The zero-order chi connectivity index (χ0) is 15.6. The van der Waals surface area contributed by atoms with Crippen molar-refractivity contribution in [2.24, 2.45) is 5.73 Å². The Hall–Kier alpha value is -1.88. The van der Waals surface area contributed by atoms with E-state index in [9.17, 15) is 9.18 Å². The summed E-state index contributed by atoms with van der Waals surface area (Å²) in [5.41, 5.74) is 6.05. The van der Waals surface area contributed by atoms with Crippen molar-refractivity contribution in [3.63, 3.8) is 0 Å². The lowest BCUT2D eigenvalue weighted by Crippen LogP contribution is -2.45. The number of amides is 1. The molecule has 0 spiro atoms. The zero-order valence-corrected chi connectivity index (χ0v) is 13.4. The molecule has 2 aromatic rings. The molecule has 0 radical (unpaired) electrons. The first kappa shape index (κ1) is 15.5. The lowest BCUT2D eigenvalue weighted by atomic mass is 9.90. The minimum atomic E-state index is -1.21. The molecule has 21 heavy (non-hydrogen) atoms. The summed E-state index contributed by atoms with van der Waals surface area (Å²) in [6.07, 6.45) is 0. The van der Waals surface area contributed by atoms with E-state index in [-0.39, 0.29) is 5.82 Å². The highest BCUT2D eigenvalue weighted by atomic mass is 79.9. The van der Waals surface area contributed by atoms with E-state index in [1.807, 2.05) is 24.3 Å². The van der Waals surface area contributed by atoms with E-state index < -0.39 is 11.4 Å². The van der Waals surface area contributed by atoms with Gasteiger partial charge in [0.1, 0.15) is 11.4 Å². The fourth-order valence-corrected chi connectivity index (χ4v) is 2.40. The number of aryl methyl sites for hydroxylation is 1. The van der Waals surface area contributed by atoms with Gasteiger partial charge in [0.05, 0.1) is 0 Å². The average molecular weight is 351 g/mol. The van der Waals surface area contributed by atoms with Crippen LogP contribution in [-0.4, -0.2) is 5.91 Å². The summed E-state index contributed by atoms with van der Waals surface area (Å²) in [5.74, 6) is -0.949. The summed E-state index contributed by atoms with van der Waals surface area (Å²) in [7, 11) is 0. The highest BCUT2D eigenvalue weighted by molar-refractivity contribution is 9.10. The second-order valence-corrected chi connectivity index (χ2v) is 5.91. The Morgan fingerprint density at radius 1 is 1.29 bits per heavy atom. The third kappa shape index (κ3) is 3.08. The maximum Gasteiger partial charge on any atom is 0.247 e. The normalized spacial score (nSPS) is 13.5. The van der Waals surface area contributed by atoms with Crippen molar-refractivity contribution in [2.75, 3.05) is 5.32 Å². The molecule has 0 bridgehead atoms. The third-order valence-corrected chi connectivity index (χ3v) is 4.19. The van der Waals surface area contributed by atoms with E-state index in [0.717, 1.165) is 4.47 Å². The first-order valence-electron chi connectivity index (χ1n) is 6.44. The Labute approximate surface area is 131 Å². The molecule has 3 N–H and O–H groups in total. The highest BCUT2D eigenvalue weighted by Crippen LogP contribution is 2.31. The highest BCUT2D eigenvalue weighted by Gasteiger charge is 2.34. The molecule has 0 fully saturated rings. The Morgan fingerprint density at radius 3 is 2.52 bits per heavy atom. The quantitative estimate of drug-likeness (QED) is 0.882. The predicted molar refractivity (Wildman–Crippen MR) is 85.4 cm³/mol. The van der Waals surface area contributed by atoms with Crippen LogP contribution in [0.15, 0.2) is 46.9 Å². The number of hydrogen-bond acceptors (Lipinski definition) is 2. The second kappa shape index (κ2) is 5.85. The van der Waals surface area contributed by atoms with Gasteiger partial charge in [0, 0.05) is 10.2 Å². The lowest BCUT2D eigenvalue weighted by Gasteiger charge is -2.30. The van der Waals surface area contributed by atoms with Crippen LogP contribution in [0.4, 0.5) is 10.1 Å². The molecule has 1 unspecified atom stereocenters. The van der Waals surface area contributed by atoms with Crippen LogP contribution in [0.2, 0.25) is 0 Å². The van der Waals surface area contributed by atoms with Gasteiger partial charge in [-0.15, -0.1) is 0 Å². The van der Waals surface area contributed by atoms with Crippen molar-refractivity contribution in [1.29, 1.82) is 0 Å². The average Bonchev–Trinajstić information content (AvgIpc) is 2.44. The maximum atomic E-state index is 13.8. The summed E-state index contributed by atoms with van der Waals surface area (Å²) in [6, 6.07) is 12.0. The van der Waals surface area contributed by atoms with Crippen molar-refractivity contribution < 1.29 is 9.18 Å². The molecule has 1 atom stereocenters. The van der Waals surface area contributed by atoms with Crippen molar-refractivity contribution in [3.8, 4) is 0 Å². The number of nitrogens with two attached hydrogens (primary N) is 1. The number of nitrogens with one attached hydrogen (secondary N) is 1. The van der Waals surface area contributed by atoms with Crippen LogP contribution in [0.5, 0.6) is 0 Å². The number of benzene rings is 2. The molecule has 110 valence electrons. The fraction of sp³-hybridized carbons (Fsp3) is 0.188. The lowest BCUT2D eigenvalue weighted by molar-refractivity contribution is -0.122. The summed E-state index contributed by atoms with van der Waals surface area (Å²) in [6.45, 7) is 3.31. The van der Waals surface area contributed by atoms with Gasteiger partial charge in [0.2, 0.25) is 5.91 Å². The monoisotopic (exact) mass is 350 g/mol. The predicted octanol–water partition coefficient (Wildman–Crippen LogP) is 3.71. The van der Waals surface area contributed by atoms with Crippen molar-refractivity contribution >= 4 is 27.5 Å². The molecule has 0 aliphatic carbocycles. The first-order valence-corrected chi connectivity index (χ1v) is 7.23. The van der Waals surface area contributed by atoms with Gasteiger partial charge < -0.3 is 11.1 Å². The summed E-state index contributed by atoms with van der Waals surface area (Å²) < 4.78 is 14.6. The van der Waals surface area contributed by atoms with E-state index in [1.54, 1.807) is 26.0 Å². The molecule has 3 nitrogen and oxygen atoms in total. The van der Waals surface area contributed by atoms with Crippen LogP contribution in [0.1, 0.15) is 18.1 Å². The van der Waals surface area contributed by atoms with E-state index in [0.29, 0.717) is 16.8 Å². The Balaban J connectivity index is 2.48. The third-order valence-electron chi connectivity index (χ3n) is 3.50. The zero-order valence-electron chi connectivity index (χ0n) is 11.8. The van der Waals surface area contributed by atoms with Gasteiger partial charge in [-0.1, -0.05) is 24.3 Å². The number of primary amides is 1. The van der Waals surface area contributed by atoms with Gasteiger partial charge in [-0.2, -0.15) is 0 Å². The van der Waals surface area contributed by atoms with Crippen LogP contribution in [0, 0.1) is 12.7 Å². The van der Waals surface area contributed by atoms with Crippen LogP contribution in [-0.2, 0) is 10.3 Å². The van der Waals surface area contributed by atoms with Gasteiger partial charge in [-0.3, -0.25) is 4.79 Å². The van der Waals surface area contributed by atoms with Gasteiger partial charge >= 0.3 is 0 Å². The number of carbonyl (C=O) groups excluding carboxylic acids is 1. The van der Waals surface area contributed by atoms with Crippen LogP contribution < -0.4 is 11.1 Å². The SMILES string of the molecule is Cc1ccc(C(C)(Nc2ccccc2Br)C(N)=O)cc1F. The summed E-state index contributed by atoms with van der Waals surface area (Å²) >= 11 is 3.41. The molecule has 1 amide bonds. The van der Waals surface area contributed by atoms with Crippen LogP contribution in [0.25, 0.3) is 0 Å². The Bertz CT molecular complexity index is 690. The van der Waals surface area contributed by atoms with Crippen molar-refractivity contribution in [2.45, 2.75) is 19.4 Å². The van der Waals surface area contributed by atoms with Gasteiger partial charge in [-0.05, 0) is 59.1 Å². The number of halogens is 2. The molecular formula is C16H16BrFN2O. The second-order valence-electron chi connectivity index (χ2n) is 5.06. The molecule has 2 aromatic carbocycles. The number of para-hydroxylation sites is 1. The Morgan fingerprint density at radius 2 is 1.95 bits per heavy atom. The molecule has 0 heterocycles. The molecule has 0 aromatic heterocycles. The molecule has 5 heteroatoms. The van der Waals surface area contributed by atoms with Gasteiger partial charge in [0.15, 0.2) is 0 Å². The first-order chi connectivity index (χ1) is 9.84. The maximum absolute atomic E-state index is 13.8. The molecular weight excluding hydrogens is 335 g/mol. The number of carbonyl (C=O) groups is 1. The standard InChI is InChI=1S/C16H16BrFN2O/c1-10-7-8-11(9-13(10)18)16(2,15(19)21)20-14-6-4-3-5-12(14)17/h3-9,20H,1-2H3,(H2,19,21). The van der Waals surface area contributed by atoms with Crippen molar-refractivity contribution in [3.05, 3.63) is 63.9 Å². The summed E-state index contributed by atoms with van der Waals surface area (Å²) in [5, 5.41) is 3.10. The van der Waals surface area contributed by atoms with E-state index in [4.69, 9.17) is 5.73 Å². The van der Waals surface area contributed by atoms with Gasteiger partial charge in [0.25, 0.3) is 0 Å². The molecule has 0 saturated carbocycles. The summed E-state index contributed by atoms with van der Waals surface area (Å²) in [4.78, 5) is 12.0. The smallest absolute Gasteiger partial charge is 0.247 e. The number of rotatable bonds is 4. The van der Waals surface area contributed by atoms with E-state index >= 15 is 0 Å². The molecule has 2 rings (SSSR count). The van der Waals surface area contributed by atoms with E-state index in [1.165, 1.54) is 6.07 Å². The molecule has 0 aliphatic heterocycles. The van der Waals surface area contributed by atoms with Crippen molar-refractivity contribution in [1.82, 2.24) is 0 Å². The largest absolute Gasteiger partial charge is 0.367 e. The minimum absolute atomic E-state index is 0.367. The van der Waals surface area contributed by atoms with E-state index in [2.05, 4.69) is 21.2 Å². The van der Waals surface area contributed by atoms with Crippen LogP contribution >= 0.6 is 15.9 Å². The molecule has 0 aliphatic rings. The molecule has 0 saturated heterocycles. The van der Waals surface area contributed by atoms with Crippen LogP contribution in [0.3, 0.4) is 0 Å². The topological polar surface area (TPSA) is 55.1 Å². The fourth-order valence-electron chi connectivity index (χ4n) is 2.01. The minimum Gasteiger partial charge on any atom is -0.367 e.